The number of aromatic nitrogens is 1. The molecule has 0 amide bonds. The van der Waals surface area contributed by atoms with E-state index in [1.54, 1.807) is 7.11 Å². The molecule has 1 aromatic rings. The first kappa shape index (κ1) is 9.78. The maximum Gasteiger partial charge on any atom is 0.145 e. The van der Waals surface area contributed by atoms with E-state index in [-0.39, 0.29) is 0 Å². The molecule has 0 aliphatic carbocycles. The molecule has 0 saturated heterocycles. The van der Waals surface area contributed by atoms with E-state index in [2.05, 4.69) is 11.6 Å². The Hall–Kier alpha value is -1.31. The van der Waals surface area contributed by atoms with E-state index in [1.807, 2.05) is 26.8 Å². The fourth-order valence-electron chi connectivity index (χ4n) is 1.14. The predicted molar refractivity (Wildman–Crippen MR) is 55.0 cm³/mol. The van der Waals surface area contributed by atoms with Gasteiger partial charge >= 0.3 is 0 Å². The zero-order valence-electron chi connectivity index (χ0n) is 8.64. The van der Waals surface area contributed by atoms with Crippen LogP contribution >= 0.6 is 0 Å². The molecule has 0 N–H and O–H groups in total. The van der Waals surface area contributed by atoms with Gasteiger partial charge in [0.2, 0.25) is 0 Å². The van der Waals surface area contributed by atoms with Gasteiger partial charge in [-0.1, -0.05) is 6.58 Å². The van der Waals surface area contributed by atoms with E-state index in [4.69, 9.17) is 4.74 Å². The lowest BCUT2D eigenvalue weighted by Gasteiger charge is -2.09. The summed E-state index contributed by atoms with van der Waals surface area (Å²) in [4.78, 5) is 4.42. The second-order valence-corrected chi connectivity index (χ2v) is 3.22. The van der Waals surface area contributed by atoms with Crippen molar-refractivity contribution in [2.75, 3.05) is 7.11 Å². The first-order valence-corrected chi connectivity index (χ1v) is 4.24. The first-order valence-electron chi connectivity index (χ1n) is 4.24. The molecule has 1 heterocycles. The summed E-state index contributed by atoms with van der Waals surface area (Å²) in [6.45, 7) is 9.80. The summed E-state index contributed by atoms with van der Waals surface area (Å²) in [6.07, 6.45) is 0. The largest absolute Gasteiger partial charge is 0.494 e. The number of hydrogen-bond acceptors (Lipinski definition) is 2. The lowest BCUT2D eigenvalue weighted by Crippen LogP contribution is -1.97. The van der Waals surface area contributed by atoms with E-state index in [0.29, 0.717) is 0 Å². The number of allylic oxidation sites excluding steroid dienone is 1. The van der Waals surface area contributed by atoms with E-state index in [9.17, 15) is 0 Å². The van der Waals surface area contributed by atoms with Gasteiger partial charge in [0, 0.05) is 5.69 Å². The van der Waals surface area contributed by atoms with Crippen LogP contribution in [0.25, 0.3) is 5.57 Å². The van der Waals surface area contributed by atoms with Crippen LogP contribution in [0.2, 0.25) is 0 Å². The van der Waals surface area contributed by atoms with Gasteiger partial charge in [-0.25, -0.2) is 4.98 Å². The van der Waals surface area contributed by atoms with Crippen molar-refractivity contribution in [3.8, 4) is 5.75 Å². The van der Waals surface area contributed by atoms with Gasteiger partial charge in [0.25, 0.3) is 0 Å². The van der Waals surface area contributed by atoms with Crippen molar-refractivity contribution in [1.82, 2.24) is 4.98 Å². The molecule has 0 aliphatic rings. The molecule has 0 radical (unpaired) electrons. The highest BCUT2D eigenvalue weighted by molar-refractivity contribution is 5.64. The predicted octanol–water partition coefficient (Wildman–Crippen LogP) is 2.74. The van der Waals surface area contributed by atoms with Crippen LogP contribution in [-0.4, -0.2) is 12.1 Å². The molecule has 0 saturated carbocycles. The highest BCUT2D eigenvalue weighted by Crippen LogP contribution is 2.24. The molecule has 0 aliphatic heterocycles. The fourth-order valence-corrected chi connectivity index (χ4v) is 1.14. The van der Waals surface area contributed by atoms with E-state index < -0.39 is 0 Å². The summed E-state index contributed by atoms with van der Waals surface area (Å²) in [5, 5.41) is 0. The third-order valence-corrected chi connectivity index (χ3v) is 2.06. The zero-order valence-corrected chi connectivity index (χ0v) is 8.64. The SMILES string of the molecule is C=C(C)c1nc(C)c(C)cc1OC. The molecule has 0 unspecified atom stereocenters. The van der Waals surface area contributed by atoms with Crippen molar-refractivity contribution in [1.29, 1.82) is 0 Å². The number of hydrogen-bond donors (Lipinski definition) is 0. The van der Waals surface area contributed by atoms with Crippen molar-refractivity contribution in [3.05, 3.63) is 29.6 Å². The molecule has 0 bridgehead atoms. The van der Waals surface area contributed by atoms with Crippen LogP contribution in [0.15, 0.2) is 12.6 Å². The minimum Gasteiger partial charge on any atom is -0.494 e. The number of nitrogens with zero attached hydrogens (tertiary/aromatic N) is 1. The number of ether oxygens (including phenoxy) is 1. The normalized spacial score (nSPS) is 9.85. The Morgan fingerprint density at radius 1 is 1.46 bits per heavy atom. The third kappa shape index (κ3) is 1.89. The van der Waals surface area contributed by atoms with Gasteiger partial charge in [-0.3, -0.25) is 0 Å². The molecule has 0 atom stereocenters. The Morgan fingerprint density at radius 3 is 2.54 bits per heavy atom. The molecule has 1 aromatic heterocycles. The Labute approximate surface area is 79.3 Å². The second kappa shape index (κ2) is 3.60. The van der Waals surface area contributed by atoms with Gasteiger partial charge in [-0.05, 0) is 38.0 Å². The van der Waals surface area contributed by atoms with Crippen LogP contribution < -0.4 is 4.74 Å². The summed E-state index contributed by atoms with van der Waals surface area (Å²) < 4.78 is 5.22. The van der Waals surface area contributed by atoms with Gasteiger partial charge in [-0.2, -0.15) is 0 Å². The zero-order chi connectivity index (χ0) is 10.0. The Balaban J connectivity index is 3.33. The van der Waals surface area contributed by atoms with Gasteiger partial charge in [0.15, 0.2) is 0 Å². The Bertz CT molecular complexity index is 342. The van der Waals surface area contributed by atoms with Gasteiger partial charge in [0.1, 0.15) is 11.4 Å². The van der Waals surface area contributed by atoms with Gasteiger partial charge in [-0.15, -0.1) is 0 Å². The van der Waals surface area contributed by atoms with Crippen LogP contribution in [0.3, 0.4) is 0 Å². The molecule has 70 valence electrons. The topological polar surface area (TPSA) is 22.1 Å². The monoisotopic (exact) mass is 177 g/mol. The Kier molecular flexibility index (Phi) is 2.71. The van der Waals surface area contributed by atoms with Crippen LogP contribution in [0.4, 0.5) is 0 Å². The average molecular weight is 177 g/mol. The van der Waals surface area contributed by atoms with Gasteiger partial charge < -0.3 is 4.74 Å². The summed E-state index contributed by atoms with van der Waals surface area (Å²) in [5.74, 6) is 0.801. The minimum atomic E-state index is 0.801. The smallest absolute Gasteiger partial charge is 0.145 e. The second-order valence-electron chi connectivity index (χ2n) is 3.22. The molecule has 1 rings (SSSR count). The maximum atomic E-state index is 5.22. The van der Waals surface area contributed by atoms with E-state index in [0.717, 1.165) is 28.3 Å². The quantitative estimate of drug-likeness (QED) is 0.693. The lowest BCUT2D eigenvalue weighted by atomic mass is 10.1. The molecule has 2 heteroatoms. The fraction of sp³-hybridized carbons (Fsp3) is 0.364. The third-order valence-electron chi connectivity index (χ3n) is 2.06. The summed E-state index contributed by atoms with van der Waals surface area (Å²) in [5.41, 5.74) is 3.95. The van der Waals surface area contributed by atoms with Crippen molar-refractivity contribution in [2.45, 2.75) is 20.8 Å². The lowest BCUT2D eigenvalue weighted by molar-refractivity contribution is 0.410. The minimum absolute atomic E-state index is 0.801. The Morgan fingerprint density at radius 2 is 2.08 bits per heavy atom. The number of aryl methyl sites for hydroxylation is 2. The standard InChI is InChI=1S/C11H15NO/c1-7(2)11-10(13-5)6-8(3)9(4)12-11/h6H,1H2,2-5H3. The molecule has 0 aromatic carbocycles. The number of rotatable bonds is 2. The molecule has 0 spiro atoms. The highest BCUT2D eigenvalue weighted by atomic mass is 16.5. The molecule has 2 nitrogen and oxygen atoms in total. The van der Waals surface area contributed by atoms with E-state index >= 15 is 0 Å². The molecule has 13 heavy (non-hydrogen) atoms. The van der Waals surface area contributed by atoms with Crippen LogP contribution in [0.5, 0.6) is 5.75 Å². The average Bonchev–Trinajstić information content (AvgIpc) is 2.08. The maximum absolute atomic E-state index is 5.22. The van der Waals surface area contributed by atoms with Crippen LogP contribution in [0, 0.1) is 13.8 Å². The van der Waals surface area contributed by atoms with Crippen molar-refractivity contribution < 1.29 is 4.74 Å². The first-order chi connectivity index (χ1) is 6.06. The summed E-state index contributed by atoms with van der Waals surface area (Å²) >= 11 is 0. The molecule has 0 fully saturated rings. The molecular formula is C11H15NO. The van der Waals surface area contributed by atoms with Crippen molar-refractivity contribution in [2.24, 2.45) is 0 Å². The highest BCUT2D eigenvalue weighted by Gasteiger charge is 2.07. The van der Waals surface area contributed by atoms with Gasteiger partial charge in [0.05, 0.1) is 7.11 Å². The van der Waals surface area contributed by atoms with Crippen LogP contribution in [0.1, 0.15) is 23.9 Å². The van der Waals surface area contributed by atoms with E-state index in [1.165, 1.54) is 0 Å². The molecular weight excluding hydrogens is 162 g/mol. The number of methoxy groups -OCH3 is 1. The summed E-state index contributed by atoms with van der Waals surface area (Å²) in [7, 11) is 1.65. The number of pyridine rings is 1. The van der Waals surface area contributed by atoms with Crippen molar-refractivity contribution >= 4 is 5.57 Å². The summed E-state index contributed by atoms with van der Waals surface area (Å²) in [6, 6.07) is 1.99. The van der Waals surface area contributed by atoms with Crippen LogP contribution in [-0.2, 0) is 0 Å². The van der Waals surface area contributed by atoms with Crippen molar-refractivity contribution in [3.63, 3.8) is 0 Å².